The Bertz CT molecular complexity index is 373. The Hall–Kier alpha value is -1.31. The third-order valence-corrected chi connectivity index (χ3v) is 3.65. The van der Waals surface area contributed by atoms with Crippen LogP contribution >= 0.6 is 0 Å². The Labute approximate surface area is 89.9 Å². The van der Waals surface area contributed by atoms with E-state index in [0.717, 1.165) is 12.1 Å². The topological polar surface area (TPSA) is 20.3 Å². The number of amides is 1. The number of carbonyl (C=O) groups excluding carboxylic acids is 1. The molecular formula is C13H15NO. The average Bonchev–Trinajstić information content (AvgIpc) is 2.30. The Kier molecular flexibility index (Phi) is 2.01. The summed E-state index contributed by atoms with van der Waals surface area (Å²) < 4.78 is 0. The van der Waals surface area contributed by atoms with Crippen molar-refractivity contribution in [1.29, 1.82) is 0 Å². The molecule has 2 heteroatoms. The minimum atomic E-state index is 0.332. The zero-order valence-corrected chi connectivity index (χ0v) is 8.73. The molecule has 1 aromatic rings. The number of hydrogen-bond donors (Lipinski definition) is 0. The molecule has 0 bridgehead atoms. The maximum Gasteiger partial charge on any atom is 0.232 e. The Balaban J connectivity index is 1.86. The molecule has 1 amide bonds. The molecule has 78 valence electrons. The first-order valence-corrected chi connectivity index (χ1v) is 5.76. The molecule has 0 spiro atoms. The molecule has 2 fully saturated rings. The SMILES string of the molecule is O=C1C2CCCCC2N1c1ccccc1. The second kappa shape index (κ2) is 3.37. The Morgan fingerprint density at radius 1 is 1.07 bits per heavy atom. The van der Waals surface area contributed by atoms with Gasteiger partial charge in [0, 0.05) is 11.7 Å². The highest BCUT2D eigenvalue weighted by Crippen LogP contribution is 2.41. The van der Waals surface area contributed by atoms with Gasteiger partial charge in [0.1, 0.15) is 0 Å². The van der Waals surface area contributed by atoms with E-state index in [0.29, 0.717) is 17.9 Å². The molecule has 1 heterocycles. The lowest BCUT2D eigenvalue weighted by Gasteiger charge is -2.49. The van der Waals surface area contributed by atoms with Crippen molar-refractivity contribution in [2.24, 2.45) is 5.92 Å². The summed E-state index contributed by atoms with van der Waals surface area (Å²) in [6.45, 7) is 0. The minimum Gasteiger partial charge on any atom is -0.308 e. The summed E-state index contributed by atoms with van der Waals surface area (Å²) in [7, 11) is 0. The van der Waals surface area contributed by atoms with Crippen LogP contribution in [0.5, 0.6) is 0 Å². The monoisotopic (exact) mass is 201 g/mol. The molecule has 2 aliphatic rings. The Morgan fingerprint density at radius 2 is 1.80 bits per heavy atom. The fraction of sp³-hybridized carbons (Fsp3) is 0.462. The lowest BCUT2D eigenvalue weighted by Crippen LogP contribution is -2.62. The van der Waals surface area contributed by atoms with Crippen molar-refractivity contribution in [2.45, 2.75) is 31.7 Å². The summed E-state index contributed by atoms with van der Waals surface area (Å²) in [6.07, 6.45) is 4.80. The van der Waals surface area contributed by atoms with E-state index >= 15 is 0 Å². The first-order chi connectivity index (χ1) is 7.38. The molecule has 15 heavy (non-hydrogen) atoms. The predicted molar refractivity (Wildman–Crippen MR) is 59.7 cm³/mol. The third kappa shape index (κ3) is 1.28. The van der Waals surface area contributed by atoms with Crippen LogP contribution in [0, 0.1) is 5.92 Å². The predicted octanol–water partition coefficient (Wildman–Crippen LogP) is 2.59. The molecule has 2 nitrogen and oxygen atoms in total. The fourth-order valence-electron chi connectivity index (χ4n) is 2.88. The first kappa shape index (κ1) is 8.96. The van der Waals surface area contributed by atoms with Gasteiger partial charge >= 0.3 is 0 Å². The molecule has 1 saturated carbocycles. The highest BCUT2D eigenvalue weighted by molar-refractivity contribution is 6.02. The third-order valence-electron chi connectivity index (χ3n) is 3.65. The lowest BCUT2D eigenvalue weighted by atomic mass is 9.76. The molecule has 1 aliphatic carbocycles. The minimum absolute atomic E-state index is 0.332. The van der Waals surface area contributed by atoms with Crippen LogP contribution in [0.4, 0.5) is 5.69 Å². The molecule has 3 rings (SSSR count). The number of β-lactam (4-membered cyclic amide) rings is 1. The second-order valence-corrected chi connectivity index (χ2v) is 4.50. The van der Waals surface area contributed by atoms with Gasteiger partial charge in [-0.3, -0.25) is 4.79 Å². The van der Waals surface area contributed by atoms with E-state index in [2.05, 4.69) is 0 Å². The maximum atomic E-state index is 11.9. The van der Waals surface area contributed by atoms with Gasteiger partial charge in [-0.25, -0.2) is 0 Å². The molecular weight excluding hydrogens is 186 g/mol. The standard InChI is InChI=1S/C13H15NO/c15-13-11-8-4-5-9-12(11)14(13)10-6-2-1-3-7-10/h1-3,6-7,11-12H,4-5,8-9H2. The maximum absolute atomic E-state index is 11.9. The average molecular weight is 201 g/mol. The number of benzene rings is 1. The van der Waals surface area contributed by atoms with E-state index in [1.54, 1.807) is 0 Å². The number of carbonyl (C=O) groups is 1. The van der Waals surface area contributed by atoms with E-state index in [1.165, 1.54) is 19.3 Å². The van der Waals surface area contributed by atoms with Crippen LogP contribution in [0.3, 0.4) is 0 Å². The zero-order valence-electron chi connectivity index (χ0n) is 8.73. The van der Waals surface area contributed by atoms with Gasteiger partial charge in [0.15, 0.2) is 0 Å². The van der Waals surface area contributed by atoms with Crippen LogP contribution in [0.15, 0.2) is 30.3 Å². The van der Waals surface area contributed by atoms with Gasteiger partial charge in [0.2, 0.25) is 5.91 Å². The zero-order chi connectivity index (χ0) is 10.3. The van der Waals surface area contributed by atoms with Gasteiger partial charge in [0.25, 0.3) is 0 Å². The Morgan fingerprint density at radius 3 is 2.60 bits per heavy atom. The highest BCUT2D eigenvalue weighted by atomic mass is 16.2. The van der Waals surface area contributed by atoms with E-state index in [4.69, 9.17) is 0 Å². The second-order valence-electron chi connectivity index (χ2n) is 4.50. The van der Waals surface area contributed by atoms with Crippen molar-refractivity contribution in [2.75, 3.05) is 4.90 Å². The van der Waals surface area contributed by atoms with E-state index in [-0.39, 0.29) is 0 Å². The van der Waals surface area contributed by atoms with Crippen molar-refractivity contribution in [3.63, 3.8) is 0 Å². The van der Waals surface area contributed by atoms with Crippen molar-refractivity contribution in [3.05, 3.63) is 30.3 Å². The van der Waals surface area contributed by atoms with E-state index in [1.807, 2.05) is 35.2 Å². The van der Waals surface area contributed by atoms with E-state index < -0.39 is 0 Å². The van der Waals surface area contributed by atoms with Crippen molar-refractivity contribution in [3.8, 4) is 0 Å². The lowest BCUT2D eigenvalue weighted by molar-refractivity contribution is -0.131. The number of rotatable bonds is 1. The van der Waals surface area contributed by atoms with Gasteiger partial charge in [-0.15, -0.1) is 0 Å². The molecule has 0 N–H and O–H groups in total. The molecule has 2 unspecified atom stereocenters. The first-order valence-electron chi connectivity index (χ1n) is 5.76. The van der Waals surface area contributed by atoms with Crippen LogP contribution in [0.2, 0.25) is 0 Å². The largest absolute Gasteiger partial charge is 0.308 e. The highest BCUT2D eigenvalue weighted by Gasteiger charge is 2.48. The van der Waals surface area contributed by atoms with Gasteiger partial charge in [0.05, 0.1) is 5.92 Å². The molecule has 1 aromatic carbocycles. The van der Waals surface area contributed by atoms with Crippen molar-refractivity contribution in [1.82, 2.24) is 0 Å². The van der Waals surface area contributed by atoms with Crippen LogP contribution in [0.1, 0.15) is 25.7 Å². The molecule has 0 radical (unpaired) electrons. The number of fused-ring (bicyclic) bond motifs is 1. The van der Waals surface area contributed by atoms with Crippen LogP contribution in [-0.4, -0.2) is 11.9 Å². The smallest absolute Gasteiger partial charge is 0.232 e. The number of anilines is 1. The summed E-state index contributed by atoms with van der Waals surface area (Å²) in [5.74, 6) is 0.671. The fourth-order valence-corrected chi connectivity index (χ4v) is 2.88. The molecule has 1 aliphatic heterocycles. The number of nitrogens with zero attached hydrogens (tertiary/aromatic N) is 1. The molecule has 1 saturated heterocycles. The summed E-state index contributed by atoms with van der Waals surface area (Å²) >= 11 is 0. The normalized spacial score (nSPS) is 29.6. The quantitative estimate of drug-likeness (QED) is 0.639. The molecule has 0 aromatic heterocycles. The van der Waals surface area contributed by atoms with Crippen molar-refractivity contribution < 1.29 is 4.79 Å². The summed E-state index contributed by atoms with van der Waals surface area (Å²) in [5, 5.41) is 0. The van der Waals surface area contributed by atoms with Gasteiger partial charge < -0.3 is 4.90 Å². The van der Waals surface area contributed by atoms with Gasteiger partial charge in [-0.2, -0.15) is 0 Å². The number of hydrogen-bond acceptors (Lipinski definition) is 1. The summed E-state index contributed by atoms with van der Waals surface area (Å²) in [4.78, 5) is 13.9. The van der Waals surface area contributed by atoms with E-state index in [9.17, 15) is 4.79 Å². The van der Waals surface area contributed by atoms with Crippen LogP contribution < -0.4 is 4.90 Å². The van der Waals surface area contributed by atoms with Crippen LogP contribution in [0.25, 0.3) is 0 Å². The summed E-state index contributed by atoms with van der Waals surface area (Å²) in [5.41, 5.74) is 1.07. The summed E-state index contributed by atoms with van der Waals surface area (Å²) in [6, 6.07) is 10.5. The van der Waals surface area contributed by atoms with Crippen LogP contribution in [-0.2, 0) is 4.79 Å². The molecule has 2 atom stereocenters. The number of para-hydroxylation sites is 1. The van der Waals surface area contributed by atoms with Crippen molar-refractivity contribution >= 4 is 11.6 Å². The van der Waals surface area contributed by atoms with Gasteiger partial charge in [-0.05, 0) is 25.0 Å². The van der Waals surface area contributed by atoms with Gasteiger partial charge in [-0.1, -0.05) is 31.0 Å².